The van der Waals surface area contributed by atoms with Crippen molar-refractivity contribution in [2.24, 2.45) is 0 Å². The summed E-state index contributed by atoms with van der Waals surface area (Å²) in [6.45, 7) is 4.87. The summed E-state index contributed by atoms with van der Waals surface area (Å²) in [7, 11) is -4.27. The molecule has 0 heterocycles. The quantitative estimate of drug-likeness (QED) is 0.202. The Morgan fingerprint density at radius 1 is 0.841 bits per heavy atom. The van der Waals surface area contributed by atoms with Crippen LogP contribution < -0.4 is 9.62 Å². The highest BCUT2D eigenvalue weighted by molar-refractivity contribution is 7.92. The van der Waals surface area contributed by atoms with Crippen molar-refractivity contribution < 1.29 is 22.4 Å². The van der Waals surface area contributed by atoms with Gasteiger partial charge in [-0.1, -0.05) is 71.8 Å². The molecule has 10 heteroatoms. The van der Waals surface area contributed by atoms with Crippen LogP contribution in [0.5, 0.6) is 0 Å². The number of nitrogens with one attached hydrogen (secondary N) is 1. The van der Waals surface area contributed by atoms with Crippen LogP contribution in [0, 0.1) is 12.7 Å². The Hall–Kier alpha value is -4.21. The maximum Gasteiger partial charge on any atom is 0.264 e. The third-order valence-corrected chi connectivity index (χ3v) is 9.01. The minimum absolute atomic E-state index is 0.0147. The number of rotatable bonds is 12. The van der Waals surface area contributed by atoms with Crippen molar-refractivity contribution in [3.8, 4) is 0 Å². The molecule has 1 atom stereocenters. The Bertz CT molecular complexity index is 1660. The fourth-order valence-electron chi connectivity index (χ4n) is 4.69. The first-order valence-corrected chi connectivity index (χ1v) is 16.0. The molecule has 0 bridgehead atoms. The molecule has 1 N–H and O–H groups in total. The number of anilines is 1. The second-order valence-electron chi connectivity index (χ2n) is 10.8. The lowest BCUT2D eigenvalue weighted by molar-refractivity contribution is -0.140. The summed E-state index contributed by atoms with van der Waals surface area (Å²) in [5, 5.41) is 3.43. The van der Waals surface area contributed by atoms with E-state index in [4.69, 9.17) is 11.6 Å². The number of amides is 2. The highest BCUT2D eigenvalue weighted by Crippen LogP contribution is 2.26. The zero-order chi connectivity index (χ0) is 31.9. The topological polar surface area (TPSA) is 86.8 Å². The van der Waals surface area contributed by atoms with Crippen LogP contribution in [0.2, 0.25) is 5.02 Å². The molecule has 0 spiro atoms. The third-order valence-electron chi connectivity index (χ3n) is 6.97. The van der Waals surface area contributed by atoms with Crippen LogP contribution in [0.3, 0.4) is 0 Å². The zero-order valence-electron chi connectivity index (χ0n) is 24.8. The van der Waals surface area contributed by atoms with Gasteiger partial charge in [-0.05, 0) is 80.4 Å². The lowest BCUT2D eigenvalue weighted by atomic mass is 10.0. The zero-order valence-corrected chi connectivity index (χ0v) is 26.4. The van der Waals surface area contributed by atoms with Crippen LogP contribution in [0.15, 0.2) is 108 Å². The van der Waals surface area contributed by atoms with Crippen LogP contribution in [0.1, 0.15) is 30.5 Å². The molecule has 0 aliphatic carbocycles. The lowest BCUT2D eigenvalue weighted by Crippen LogP contribution is -2.54. The smallest absolute Gasteiger partial charge is 0.264 e. The summed E-state index contributed by atoms with van der Waals surface area (Å²) in [6.07, 6.45) is 0.194. The minimum atomic E-state index is -4.27. The van der Waals surface area contributed by atoms with Crippen LogP contribution in [-0.2, 0) is 32.6 Å². The van der Waals surface area contributed by atoms with Gasteiger partial charge in [0.05, 0.1) is 10.6 Å². The van der Waals surface area contributed by atoms with Crippen LogP contribution in [0.25, 0.3) is 0 Å². The largest absolute Gasteiger partial charge is 0.352 e. The molecule has 4 rings (SSSR count). The number of benzene rings is 4. The summed E-state index contributed by atoms with van der Waals surface area (Å²) in [5.74, 6) is -1.54. The van der Waals surface area contributed by atoms with Crippen molar-refractivity contribution >= 4 is 39.1 Å². The van der Waals surface area contributed by atoms with Crippen molar-refractivity contribution in [2.75, 3.05) is 10.8 Å². The SMILES string of the molecule is Cc1ccc(S(=O)(=O)N(CC(=O)N(Cc2ccc(Cl)cc2)C(Cc2ccccc2)C(=O)NC(C)C)c2ccc(F)cc2)cc1. The van der Waals surface area contributed by atoms with Crippen molar-refractivity contribution in [3.63, 3.8) is 0 Å². The van der Waals surface area contributed by atoms with Crippen molar-refractivity contribution in [1.82, 2.24) is 10.2 Å². The van der Waals surface area contributed by atoms with Gasteiger partial charge in [-0.25, -0.2) is 12.8 Å². The van der Waals surface area contributed by atoms with Gasteiger partial charge in [-0.3, -0.25) is 13.9 Å². The number of carbonyl (C=O) groups excluding carboxylic acids is 2. The molecular formula is C34H35ClFN3O4S. The van der Waals surface area contributed by atoms with Gasteiger partial charge in [0.15, 0.2) is 0 Å². The van der Waals surface area contributed by atoms with Gasteiger partial charge in [0, 0.05) is 24.0 Å². The molecule has 0 aliphatic heterocycles. The van der Waals surface area contributed by atoms with E-state index in [0.717, 1.165) is 27.6 Å². The molecule has 4 aromatic carbocycles. The molecule has 0 aromatic heterocycles. The normalized spacial score (nSPS) is 12.0. The Balaban J connectivity index is 1.79. The summed E-state index contributed by atoms with van der Waals surface area (Å²) >= 11 is 6.11. The average molecular weight is 636 g/mol. The molecule has 1 unspecified atom stereocenters. The molecule has 0 fully saturated rings. The van der Waals surface area contributed by atoms with Crippen molar-refractivity contribution in [3.05, 3.63) is 131 Å². The van der Waals surface area contributed by atoms with E-state index in [1.54, 1.807) is 36.4 Å². The van der Waals surface area contributed by atoms with E-state index in [9.17, 15) is 22.4 Å². The molecule has 7 nitrogen and oxygen atoms in total. The summed E-state index contributed by atoms with van der Waals surface area (Å²) in [4.78, 5) is 29.4. The summed E-state index contributed by atoms with van der Waals surface area (Å²) in [5.41, 5.74) is 2.50. The van der Waals surface area contributed by atoms with Crippen molar-refractivity contribution in [2.45, 2.75) is 50.7 Å². The van der Waals surface area contributed by atoms with Crippen LogP contribution >= 0.6 is 11.6 Å². The number of halogens is 2. The predicted molar refractivity (Wildman–Crippen MR) is 171 cm³/mol. The first-order chi connectivity index (χ1) is 20.9. The summed E-state index contributed by atoms with van der Waals surface area (Å²) in [6, 6.07) is 26.1. The van der Waals surface area contributed by atoms with E-state index in [-0.39, 0.29) is 35.5 Å². The van der Waals surface area contributed by atoms with Gasteiger partial charge in [0.1, 0.15) is 18.4 Å². The second kappa shape index (κ2) is 14.5. The van der Waals surface area contributed by atoms with Crippen LogP contribution in [0.4, 0.5) is 10.1 Å². The van der Waals surface area contributed by atoms with E-state index >= 15 is 0 Å². The van der Waals surface area contributed by atoms with Gasteiger partial charge >= 0.3 is 0 Å². The van der Waals surface area contributed by atoms with Gasteiger partial charge in [-0.2, -0.15) is 0 Å². The molecule has 4 aromatic rings. The van der Waals surface area contributed by atoms with Gasteiger partial charge in [-0.15, -0.1) is 0 Å². The minimum Gasteiger partial charge on any atom is -0.352 e. The van der Waals surface area contributed by atoms with Crippen LogP contribution in [-0.4, -0.2) is 43.8 Å². The third kappa shape index (κ3) is 8.45. The second-order valence-corrected chi connectivity index (χ2v) is 13.1. The van der Waals surface area contributed by atoms with E-state index in [2.05, 4.69) is 5.32 Å². The molecule has 44 heavy (non-hydrogen) atoms. The number of nitrogens with zero attached hydrogens (tertiary/aromatic N) is 2. The van der Waals surface area contributed by atoms with Crippen molar-refractivity contribution in [1.29, 1.82) is 0 Å². The molecule has 0 saturated heterocycles. The summed E-state index contributed by atoms with van der Waals surface area (Å²) < 4.78 is 42.8. The number of aryl methyl sites for hydroxylation is 1. The molecule has 0 radical (unpaired) electrons. The number of sulfonamides is 1. The lowest BCUT2D eigenvalue weighted by Gasteiger charge is -2.34. The molecule has 0 saturated carbocycles. The highest BCUT2D eigenvalue weighted by Gasteiger charge is 2.34. The fourth-order valence-corrected chi connectivity index (χ4v) is 6.23. The van der Waals surface area contributed by atoms with E-state index in [1.807, 2.05) is 51.1 Å². The average Bonchev–Trinajstić information content (AvgIpc) is 2.99. The number of hydrogen-bond donors (Lipinski definition) is 1. The molecule has 2 amide bonds. The maximum atomic E-state index is 14.4. The van der Waals surface area contributed by atoms with E-state index < -0.39 is 34.3 Å². The Morgan fingerprint density at radius 3 is 2.05 bits per heavy atom. The standard InChI is InChI=1S/C34H35ClFN3O4S/c1-24(2)37-34(41)32(21-26-7-5-4-6-8-26)38(22-27-11-13-28(35)14-12-27)33(40)23-39(30-17-15-29(36)16-18-30)44(42,43)31-19-9-25(3)10-20-31/h4-20,24,32H,21-23H2,1-3H3,(H,37,41). The number of hydrogen-bond acceptors (Lipinski definition) is 4. The molecule has 0 aliphatic rings. The van der Waals surface area contributed by atoms with Gasteiger partial charge in [0.25, 0.3) is 10.0 Å². The first-order valence-electron chi connectivity index (χ1n) is 14.2. The van der Waals surface area contributed by atoms with E-state index in [0.29, 0.717) is 10.6 Å². The van der Waals surface area contributed by atoms with Gasteiger partial charge < -0.3 is 10.2 Å². The first kappa shape index (κ1) is 32.7. The molecule has 230 valence electrons. The predicted octanol–water partition coefficient (Wildman–Crippen LogP) is 6.15. The highest BCUT2D eigenvalue weighted by atomic mass is 35.5. The fraction of sp³-hybridized carbons (Fsp3) is 0.235. The van der Waals surface area contributed by atoms with E-state index in [1.165, 1.54) is 29.2 Å². The Morgan fingerprint density at radius 2 is 1.45 bits per heavy atom. The Kier molecular flexibility index (Phi) is 10.8. The monoisotopic (exact) mass is 635 g/mol. The Labute approximate surface area is 263 Å². The molecular weight excluding hydrogens is 601 g/mol. The maximum absolute atomic E-state index is 14.4. The number of carbonyl (C=O) groups is 2. The van der Waals surface area contributed by atoms with Gasteiger partial charge in [0.2, 0.25) is 11.8 Å².